The van der Waals surface area contributed by atoms with Gasteiger partial charge in [0, 0.05) is 32.2 Å². The summed E-state index contributed by atoms with van der Waals surface area (Å²) in [6.45, 7) is 3.77. The van der Waals surface area contributed by atoms with Gasteiger partial charge in [0.2, 0.25) is 0 Å². The van der Waals surface area contributed by atoms with E-state index >= 15 is 0 Å². The number of halogens is 1. The van der Waals surface area contributed by atoms with Gasteiger partial charge in [0.15, 0.2) is 0 Å². The molecule has 0 aliphatic carbocycles. The monoisotopic (exact) mass is 531 g/mol. The van der Waals surface area contributed by atoms with E-state index in [9.17, 15) is 9.18 Å². The molecule has 136 valence electrons. The number of carboxylic acid groups (broad SMARTS) is 1. The molecule has 3 heterocycles. The fourth-order valence-electron chi connectivity index (χ4n) is 2.48. The molecular weight excluding hydrogens is 516 g/mol. The van der Waals surface area contributed by atoms with Gasteiger partial charge < -0.3 is 15.1 Å². The third-order valence-corrected chi connectivity index (χ3v) is 3.95. The number of rotatable bonds is 4. The van der Waals surface area contributed by atoms with Crippen LogP contribution < -0.4 is 0 Å². The topological polar surface area (TPSA) is 76.0 Å². The normalized spacial score (nSPS) is 10.9. The third kappa shape index (κ3) is 3.86. The Morgan fingerprint density at radius 1 is 1.12 bits per heavy atom. The van der Waals surface area contributed by atoms with Crippen molar-refractivity contribution < 1.29 is 35.4 Å². The minimum Gasteiger partial charge on any atom is -0.477 e. The number of hydrogen-bond donors (Lipinski definition) is 1. The number of hydrogen-bond acceptors (Lipinski definition) is 4. The molecule has 26 heavy (non-hydrogen) atoms. The van der Waals surface area contributed by atoms with E-state index in [2.05, 4.69) is 21.0 Å². The molecule has 0 saturated carbocycles. The van der Waals surface area contributed by atoms with Crippen LogP contribution in [0.25, 0.3) is 11.3 Å². The summed E-state index contributed by atoms with van der Waals surface area (Å²) in [5.74, 6) is -1.73. The van der Waals surface area contributed by atoms with E-state index in [4.69, 9.17) is 5.11 Å². The summed E-state index contributed by atoms with van der Waals surface area (Å²) >= 11 is 0. The van der Waals surface area contributed by atoms with Crippen molar-refractivity contribution in [1.29, 1.82) is 0 Å². The van der Waals surface area contributed by atoms with E-state index in [1.165, 1.54) is 18.3 Å². The van der Waals surface area contributed by atoms with E-state index in [1.54, 1.807) is 30.3 Å². The quantitative estimate of drug-likeness (QED) is 0.412. The molecule has 5 nitrogen and oxygen atoms in total. The fourth-order valence-corrected chi connectivity index (χ4v) is 2.48. The second kappa shape index (κ2) is 7.83. The van der Waals surface area contributed by atoms with Crippen molar-refractivity contribution in [2.24, 2.45) is 0 Å². The molecule has 0 aliphatic rings. The van der Waals surface area contributed by atoms with Crippen molar-refractivity contribution >= 4 is 5.97 Å². The Balaban J connectivity index is 0.00000243. The summed E-state index contributed by atoms with van der Waals surface area (Å²) in [7, 11) is 0. The Morgan fingerprint density at radius 2 is 1.77 bits per heavy atom. The average molecular weight is 531 g/mol. The van der Waals surface area contributed by atoms with Gasteiger partial charge in [-0.1, -0.05) is 30.0 Å². The number of carbonyl (C=O) groups is 1. The summed E-state index contributed by atoms with van der Waals surface area (Å²) in [4.78, 5) is 23.5. The molecule has 0 aliphatic heterocycles. The second-order valence-corrected chi connectivity index (χ2v) is 6.00. The molecule has 0 bridgehead atoms. The van der Waals surface area contributed by atoms with Gasteiger partial charge in [-0.3, -0.25) is 0 Å². The van der Waals surface area contributed by atoms with Crippen LogP contribution in [-0.4, -0.2) is 26.0 Å². The molecule has 0 saturated heterocycles. The van der Waals surface area contributed by atoms with Gasteiger partial charge in [0.25, 0.3) is 0 Å². The predicted molar refractivity (Wildman–Crippen MR) is 89.6 cm³/mol. The van der Waals surface area contributed by atoms with Crippen LogP contribution in [0.2, 0.25) is 0 Å². The first kappa shape index (κ1) is 19.9. The number of pyridine rings is 3. The zero-order valence-electron chi connectivity index (χ0n) is 14.0. The smallest absolute Gasteiger partial charge is 0.354 e. The summed E-state index contributed by atoms with van der Waals surface area (Å²) in [5.41, 5.74) is 1.09. The molecule has 0 spiro atoms. The molecule has 3 aromatic rings. The Kier molecular flexibility index (Phi) is 5.98. The first-order chi connectivity index (χ1) is 11.9. The van der Waals surface area contributed by atoms with Crippen LogP contribution >= 0.6 is 0 Å². The van der Waals surface area contributed by atoms with Gasteiger partial charge in [0.1, 0.15) is 11.6 Å². The molecule has 0 atom stereocenters. The first-order valence-electron chi connectivity index (χ1n) is 7.60. The van der Waals surface area contributed by atoms with Crippen molar-refractivity contribution in [3.8, 4) is 11.3 Å². The number of nitrogens with zero attached hydrogens (tertiary/aromatic N) is 3. The number of aromatic carboxylic acids is 1. The predicted octanol–water partition coefficient (Wildman–Crippen LogP) is 3.50. The van der Waals surface area contributed by atoms with Crippen molar-refractivity contribution in [3.05, 3.63) is 77.8 Å². The molecule has 0 radical (unpaired) electrons. The number of carboxylic acids is 1. The molecule has 0 unspecified atom stereocenters. The van der Waals surface area contributed by atoms with E-state index in [0.717, 1.165) is 0 Å². The van der Waals surface area contributed by atoms with Gasteiger partial charge >= 0.3 is 5.97 Å². The summed E-state index contributed by atoms with van der Waals surface area (Å²) in [5, 5.41) is 9.14. The maximum atomic E-state index is 13.9. The Bertz CT molecular complexity index is 947. The first-order valence-corrected chi connectivity index (χ1v) is 7.60. The van der Waals surface area contributed by atoms with Gasteiger partial charge in [-0.25, -0.2) is 14.2 Å². The van der Waals surface area contributed by atoms with Crippen LogP contribution in [0.1, 0.15) is 35.7 Å². The zero-order chi connectivity index (χ0) is 18.0. The SMILES string of the molecule is CC(C)(c1cccc(C(=O)O)n1)c1cccc(-c2[c-]ccnc2F)n1.[Pt]. The van der Waals surface area contributed by atoms with E-state index < -0.39 is 17.3 Å². The van der Waals surface area contributed by atoms with E-state index in [1.807, 2.05) is 13.8 Å². The van der Waals surface area contributed by atoms with Crippen LogP contribution in [-0.2, 0) is 26.5 Å². The summed E-state index contributed by atoms with van der Waals surface area (Å²) < 4.78 is 13.9. The van der Waals surface area contributed by atoms with Gasteiger partial charge in [0.05, 0.1) is 5.69 Å². The molecule has 0 fully saturated rings. The molecular formula is C19H15FN3O2Pt-. The fraction of sp³-hybridized carbons (Fsp3) is 0.158. The van der Waals surface area contributed by atoms with Crippen molar-refractivity contribution in [2.45, 2.75) is 19.3 Å². The molecule has 3 rings (SSSR count). The van der Waals surface area contributed by atoms with Gasteiger partial charge in [-0.05, 0) is 37.7 Å². The van der Waals surface area contributed by atoms with Crippen molar-refractivity contribution in [1.82, 2.24) is 15.0 Å². The van der Waals surface area contributed by atoms with Crippen LogP contribution in [0.5, 0.6) is 0 Å². The average Bonchev–Trinajstić information content (AvgIpc) is 2.62. The Labute approximate surface area is 164 Å². The van der Waals surface area contributed by atoms with Gasteiger partial charge in [-0.2, -0.15) is 0 Å². The van der Waals surface area contributed by atoms with Crippen LogP contribution in [0.15, 0.2) is 48.7 Å². The molecule has 0 amide bonds. The summed E-state index contributed by atoms with van der Waals surface area (Å²) in [6, 6.07) is 14.4. The van der Waals surface area contributed by atoms with Crippen LogP contribution in [0.4, 0.5) is 4.39 Å². The molecule has 0 aromatic carbocycles. The number of aromatic nitrogens is 3. The largest absolute Gasteiger partial charge is 0.477 e. The van der Waals surface area contributed by atoms with Crippen LogP contribution in [0.3, 0.4) is 0 Å². The van der Waals surface area contributed by atoms with Crippen LogP contribution in [0, 0.1) is 12.0 Å². The molecule has 7 heteroatoms. The Morgan fingerprint density at radius 3 is 2.42 bits per heavy atom. The minimum atomic E-state index is -1.09. The third-order valence-electron chi connectivity index (χ3n) is 3.95. The molecule has 3 aromatic heterocycles. The van der Waals surface area contributed by atoms with Gasteiger partial charge in [-0.15, -0.1) is 12.1 Å². The summed E-state index contributed by atoms with van der Waals surface area (Å²) in [6.07, 6.45) is 1.33. The minimum absolute atomic E-state index is 0. The Hall–Kier alpha value is -2.46. The van der Waals surface area contributed by atoms with E-state index in [-0.39, 0.29) is 32.3 Å². The van der Waals surface area contributed by atoms with Crippen molar-refractivity contribution in [3.63, 3.8) is 0 Å². The molecule has 1 N–H and O–H groups in total. The maximum absolute atomic E-state index is 13.9. The standard InChI is InChI=1S/C19H15FN3O2.Pt/c1-19(2,16-10-4-8-14(23-16)18(24)25)15-9-3-7-13(22-15)12-6-5-11-21-17(12)20;/h3-5,7-11H,1-2H3,(H,24,25);/q-1;. The van der Waals surface area contributed by atoms with Crippen molar-refractivity contribution in [2.75, 3.05) is 0 Å². The maximum Gasteiger partial charge on any atom is 0.354 e. The van der Waals surface area contributed by atoms with E-state index in [0.29, 0.717) is 17.1 Å². The second-order valence-electron chi connectivity index (χ2n) is 6.00. The zero-order valence-corrected chi connectivity index (χ0v) is 16.3.